The molecule has 0 aromatic carbocycles. The predicted octanol–water partition coefficient (Wildman–Crippen LogP) is 3.72. The van der Waals surface area contributed by atoms with E-state index in [1.165, 1.54) is 12.3 Å². The van der Waals surface area contributed by atoms with Crippen molar-refractivity contribution in [2.75, 3.05) is 6.54 Å². The molecule has 1 spiro atoms. The first kappa shape index (κ1) is 24.0. The summed E-state index contributed by atoms with van der Waals surface area (Å²) in [5.41, 5.74) is 2.70. The van der Waals surface area contributed by atoms with Crippen LogP contribution in [-0.2, 0) is 17.8 Å². The number of nitrogens with one attached hydrogen (secondary N) is 2. The molecule has 5 rings (SSSR count). The van der Waals surface area contributed by atoms with Crippen LogP contribution < -0.4 is 5.32 Å². The average Bonchev–Trinajstić information content (AvgIpc) is 3.44. The molecule has 188 valence electrons. The Morgan fingerprint density at radius 2 is 2.00 bits per heavy atom. The maximum absolute atomic E-state index is 14.4. The zero-order chi connectivity index (χ0) is 25.4. The molecule has 0 unspecified atom stereocenters. The Bertz CT molecular complexity index is 1320. The Morgan fingerprint density at radius 1 is 1.19 bits per heavy atom. The van der Waals surface area contributed by atoms with Crippen LogP contribution in [0.5, 0.6) is 0 Å². The lowest BCUT2D eigenvalue weighted by Crippen LogP contribution is -2.50. The molecule has 0 bridgehead atoms. The lowest BCUT2D eigenvalue weighted by Gasteiger charge is -2.39. The van der Waals surface area contributed by atoms with Crippen molar-refractivity contribution in [1.82, 2.24) is 30.4 Å². The van der Waals surface area contributed by atoms with Crippen molar-refractivity contribution in [3.63, 3.8) is 0 Å². The first-order chi connectivity index (χ1) is 17.3. The van der Waals surface area contributed by atoms with Gasteiger partial charge in [0.1, 0.15) is 5.82 Å². The summed E-state index contributed by atoms with van der Waals surface area (Å²) < 4.78 is 27.6. The van der Waals surface area contributed by atoms with Crippen molar-refractivity contribution in [3.8, 4) is 11.3 Å². The van der Waals surface area contributed by atoms with Gasteiger partial charge in [-0.15, -0.1) is 0 Å². The number of aromatic nitrogens is 4. The second kappa shape index (κ2) is 9.40. The van der Waals surface area contributed by atoms with Crippen molar-refractivity contribution in [2.24, 2.45) is 5.92 Å². The number of aryl methyl sites for hydroxylation is 2. The van der Waals surface area contributed by atoms with E-state index >= 15 is 0 Å². The van der Waals surface area contributed by atoms with E-state index in [4.69, 9.17) is 0 Å². The number of halogens is 2. The fourth-order valence-electron chi connectivity index (χ4n) is 5.01. The summed E-state index contributed by atoms with van der Waals surface area (Å²) in [6, 6.07) is 4.63. The van der Waals surface area contributed by atoms with Crippen molar-refractivity contribution in [2.45, 2.75) is 58.0 Å². The number of hydrogen-bond donors (Lipinski definition) is 2. The zero-order valence-electron chi connectivity index (χ0n) is 20.3. The van der Waals surface area contributed by atoms with E-state index in [0.717, 1.165) is 24.7 Å². The summed E-state index contributed by atoms with van der Waals surface area (Å²) in [7, 11) is 0. The largest absolute Gasteiger partial charge is 0.350 e. The van der Waals surface area contributed by atoms with Crippen LogP contribution in [-0.4, -0.2) is 49.0 Å². The van der Waals surface area contributed by atoms with Gasteiger partial charge in [-0.1, -0.05) is 6.92 Å². The van der Waals surface area contributed by atoms with Gasteiger partial charge in [-0.3, -0.25) is 24.7 Å². The molecule has 2 amide bonds. The van der Waals surface area contributed by atoms with Crippen LogP contribution in [0, 0.1) is 24.5 Å². The Labute approximate surface area is 207 Å². The molecular weight excluding hydrogens is 466 g/mol. The molecule has 1 aliphatic carbocycles. The van der Waals surface area contributed by atoms with Gasteiger partial charge in [0.05, 0.1) is 30.3 Å². The molecular formula is C26H28F2N6O2. The predicted molar refractivity (Wildman–Crippen MR) is 128 cm³/mol. The minimum absolute atomic E-state index is 0.0826. The SMILES string of the molecule is CCc1cc(-c2cc(C(=O)N3CC[C@@H](C(=O)NCc4ncc(F)cc4C)CC34CC4)n[nH]2)c(F)cn1. The molecule has 0 radical (unpaired) electrons. The third-order valence-electron chi connectivity index (χ3n) is 7.29. The highest BCUT2D eigenvalue weighted by molar-refractivity contribution is 5.94. The fraction of sp³-hybridized carbons (Fsp3) is 0.423. The zero-order valence-corrected chi connectivity index (χ0v) is 20.3. The minimum Gasteiger partial charge on any atom is -0.350 e. The van der Waals surface area contributed by atoms with Gasteiger partial charge >= 0.3 is 0 Å². The van der Waals surface area contributed by atoms with E-state index in [2.05, 4.69) is 25.5 Å². The molecule has 1 saturated heterocycles. The molecule has 4 heterocycles. The highest BCUT2D eigenvalue weighted by atomic mass is 19.1. The Morgan fingerprint density at radius 3 is 2.72 bits per heavy atom. The van der Waals surface area contributed by atoms with E-state index in [-0.39, 0.29) is 35.5 Å². The number of pyridine rings is 2. The van der Waals surface area contributed by atoms with Crippen molar-refractivity contribution < 1.29 is 18.4 Å². The van der Waals surface area contributed by atoms with E-state index in [1.807, 2.05) is 11.8 Å². The Hall–Kier alpha value is -3.69. The highest BCUT2D eigenvalue weighted by Crippen LogP contribution is 2.50. The van der Waals surface area contributed by atoms with Gasteiger partial charge in [-0.2, -0.15) is 5.10 Å². The van der Waals surface area contributed by atoms with Gasteiger partial charge in [0.25, 0.3) is 5.91 Å². The second-order valence-electron chi connectivity index (χ2n) is 9.68. The molecule has 36 heavy (non-hydrogen) atoms. The second-order valence-corrected chi connectivity index (χ2v) is 9.68. The normalized spacial score (nSPS) is 18.3. The van der Waals surface area contributed by atoms with Crippen LogP contribution in [0.3, 0.4) is 0 Å². The smallest absolute Gasteiger partial charge is 0.274 e. The standard InChI is InChI=1S/C26H28F2N6O2/c1-3-18-9-19(20(28)13-29-18)21-10-22(33-32-21)25(36)34-7-4-16(11-26(34)5-6-26)24(35)31-14-23-15(2)8-17(27)12-30-23/h8-10,12-13,16H,3-7,11,14H2,1-2H3,(H,31,35)(H,32,33)/t16-/m1/s1. The molecule has 1 atom stereocenters. The van der Waals surface area contributed by atoms with Gasteiger partial charge in [0.2, 0.25) is 5.91 Å². The molecule has 1 aliphatic heterocycles. The number of nitrogens with zero attached hydrogens (tertiary/aromatic N) is 4. The van der Waals surface area contributed by atoms with Crippen LogP contribution in [0.2, 0.25) is 0 Å². The third-order valence-corrected chi connectivity index (χ3v) is 7.29. The number of aromatic amines is 1. The van der Waals surface area contributed by atoms with E-state index in [1.54, 1.807) is 19.1 Å². The number of amides is 2. The summed E-state index contributed by atoms with van der Waals surface area (Å²) in [5.74, 6) is -1.40. The maximum atomic E-state index is 14.4. The van der Waals surface area contributed by atoms with Crippen LogP contribution >= 0.6 is 0 Å². The average molecular weight is 495 g/mol. The maximum Gasteiger partial charge on any atom is 0.274 e. The molecule has 10 heteroatoms. The van der Waals surface area contributed by atoms with Crippen molar-refractivity contribution in [1.29, 1.82) is 0 Å². The van der Waals surface area contributed by atoms with E-state index < -0.39 is 11.6 Å². The van der Waals surface area contributed by atoms with Crippen LogP contribution in [0.25, 0.3) is 11.3 Å². The van der Waals surface area contributed by atoms with Crippen LogP contribution in [0.4, 0.5) is 8.78 Å². The molecule has 8 nitrogen and oxygen atoms in total. The first-order valence-electron chi connectivity index (χ1n) is 12.2. The molecule has 3 aromatic rings. The summed E-state index contributed by atoms with van der Waals surface area (Å²) in [4.78, 5) is 36.2. The lowest BCUT2D eigenvalue weighted by molar-refractivity contribution is -0.127. The Balaban J connectivity index is 1.24. The van der Waals surface area contributed by atoms with Gasteiger partial charge in [0, 0.05) is 29.3 Å². The lowest BCUT2D eigenvalue weighted by atomic mass is 9.88. The summed E-state index contributed by atoms with van der Waals surface area (Å²) in [5, 5.41) is 9.88. The molecule has 2 aliphatic rings. The monoisotopic (exact) mass is 494 g/mol. The quantitative estimate of drug-likeness (QED) is 0.544. The number of H-pyrrole nitrogens is 1. The van der Waals surface area contributed by atoms with E-state index in [0.29, 0.717) is 48.3 Å². The first-order valence-corrected chi connectivity index (χ1v) is 12.2. The van der Waals surface area contributed by atoms with Crippen LogP contribution in [0.15, 0.2) is 30.6 Å². The van der Waals surface area contributed by atoms with Gasteiger partial charge < -0.3 is 10.2 Å². The summed E-state index contributed by atoms with van der Waals surface area (Å²) in [6.07, 6.45) is 5.76. The number of rotatable bonds is 6. The van der Waals surface area contributed by atoms with E-state index in [9.17, 15) is 18.4 Å². The number of piperidine rings is 1. The summed E-state index contributed by atoms with van der Waals surface area (Å²) in [6.45, 7) is 4.37. The van der Waals surface area contributed by atoms with Crippen molar-refractivity contribution >= 4 is 11.8 Å². The van der Waals surface area contributed by atoms with Crippen LogP contribution in [0.1, 0.15) is 60.0 Å². The Kier molecular flexibility index (Phi) is 6.27. The third kappa shape index (κ3) is 4.59. The molecule has 1 saturated carbocycles. The number of hydrogen-bond acceptors (Lipinski definition) is 5. The molecule has 2 N–H and O–H groups in total. The number of carbonyl (C=O) groups excluding carboxylic acids is 2. The molecule has 3 aromatic heterocycles. The van der Waals surface area contributed by atoms with Crippen molar-refractivity contribution in [3.05, 3.63) is 64.9 Å². The van der Waals surface area contributed by atoms with Gasteiger partial charge in [0.15, 0.2) is 11.5 Å². The highest BCUT2D eigenvalue weighted by Gasteiger charge is 2.54. The fourth-order valence-corrected chi connectivity index (χ4v) is 5.01. The molecule has 2 fully saturated rings. The van der Waals surface area contributed by atoms with Gasteiger partial charge in [-0.25, -0.2) is 8.78 Å². The number of likely N-dealkylation sites (tertiary alicyclic amines) is 1. The summed E-state index contributed by atoms with van der Waals surface area (Å²) >= 11 is 0. The topological polar surface area (TPSA) is 104 Å². The van der Waals surface area contributed by atoms with Gasteiger partial charge in [-0.05, 0) is 62.8 Å². The number of carbonyl (C=O) groups is 2. The minimum atomic E-state index is -0.480.